The fourth-order valence-electron chi connectivity index (χ4n) is 4.29. The van der Waals surface area contributed by atoms with E-state index in [1.165, 1.54) is 0 Å². The number of nitrogens with one attached hydrogen (secondary N) is 2. The number of ether oxygens (including phenoxy) is 1. The zero-order valence-corrected chi connectivity index (χ0v) is 23.3. The predicted octanol–water partition coefficient (Wildman–Crippen LogP) is 5.70. The summed E-state index contributed by atoms with van der Waals surface area (Å²) in [6.45, 7) is 7.29. The molecule has 3 amide bonds. The molecule has 3 rings (SSSR count). The second-order valence-electron chi connectivity index (χ2n) is 10.4. The van der Waals surface area contributed by atoms with Gasteiger partial charge in [-0.3, -0.25) is 9.59 Å². The van der Waals surface area contributed by atoms with Gasteiger partial charge in [-0.25, -0.2) is 4.79 Å². The number of benzene rings is 2. The van der Waals surface area contributed by atoms with Gasteiger partial charge in [-0.1, -0.05) is 48.5 Å². The standard InChI is InChI=1S/C29H39N3O4S/c1-20-12-9-10-17-23(20)30-26(33)25(21-13-7-6-8-14-21)32(22-15-11-16-22)27(34)24(18-19-37-5)31-28(35)36-29(2,3)4/h6-10,12-14,17,22,24-25H,11,15-16,18-19H2,1-5H3,(H,30,33)(H,31,35). The highest BCUT2D eigenvalue weighted by Gasteiger charge is 2.42. The number of anilines is 1. The van der Waals surface area contributed by atoms with Gasteiger partial charge in [-0.2, -0.15) is 11.8 Å². The molecule has 8 heteroatoms. The molecule has 0 saturated heterocycles. The summed E-state index contributed by atoms with van der Waals surface area (Å²) in [5.41, 5.74) is 1.69. The Morgan fingerprint density at radius 2 is 1.70 bits per heavy atom. The van der Waals surface area contributed by atoms with Gasteiger partial charge >= 0.3 is 6.09 Å². The fourth-order valence-corrected chi connectivity index (χ4v) is 4.76. The molecule has 1 fully saturated rings. The lowest BCUT2D eigenvalue weighted by Crippen LogP contribution is -2.57. The maximum Gasteiger partial charge on any atom is 0.408 e. The van der Waals surface area contributed by atoms with Gasteiger partial charge < -0.3 is 20.3 Å². The van der Waals surface area contributed by atoms with E-state index in [0.717, 1.165) is 30.4 Å². The summed E-state index contributed by atoms with van der Waals surface area (Å²) in [6, 6.07) is 15.2. The second kappa shape index (κ2) is 13.0. The molecule has 1 aliphatic rings. The van der Waals surface area contributed by atoms with Crippen LogP contribution in [0.1, 0.15) is 63.6 Å². The largest absolute Gasteiger partial charge is 0.444 e. The van der Waals surface area contributed by atoms with Crippen LogP contribution in [0.25, 0.3) is 0 Å². The summed E-state index contributed by atoms with van der Waals surface area (Å²) < 4.78 is 5.46. The Balaban J connectivity index is 1.97. The molecule has 7 nitrogen and oxygen atoms in total. The number of rotatable bonds is 10. The average molecular weight is 526 g/mol. The molecule has 2 aromatic rings. The minimum Gasteiger partial charge on any atom is -0.444 e. The van der Waals surface area contributed by atoms with Crippen LogP contribution < -0.4 is 10.6 Å². The Hall–Kier alpha value is -3.00. The van der Waals surface area contributed by atoms with Gasteiger partial charge in [0.2, 0.25) is 5.91 Å². The van der Waals surface area contributed by atoms with Crippen LogP contribution in [0.2, 0.25) is 0 Å². The van der Waals surface area contributed by atoms with Crippen LogP contribution in [-0.4, -0.2) is 52.5 Å². The van der Waals surface area contributed by atoms with Crippen molar-refractivity contribution in [2.75, 3.05) is 17.3 Å². The van der Waals surface area contributed by atoms with Crippen LogP contribution in [0.5, 0.6) is 0 Å². The van der Waals surface area contributed by atoms with Crippen LogP contribution >= 0.6 is 11.8 Å². The van der Waals surface area contributed by atoms with Crippen molar-refractivity contribution in [3.8, 4) is 0 Å². The van der Waals surface area contributed by atoms with Gasteiger partial charge in [0.25, 0.3) is 5.91 Å². The minimum atomic E-state index is -0.837. The van der Waals surface area contributed by atoms with Crippen LogP contribution in [0.3, 0.4) is 0 Å². The number of hydrogen-bond acceptors (Lipinski definition) is 5. The van der Waals surface area contributed by atoms with Crippen LogP contribution in [0, 0.1) is 6.92 Å². The molecule has 37 heavy (non-hydrogen) atoms. The molecular weight excluding hydrogens is 486 g/mol. The first-order valence-corrected chi connectivity index (χ1v) is 14.2. The van der Waals surface area contributed by atoms with Gasteiger partial charge in [-0.05, 0) is 82.6 Å². The first-order chi connectivity index (χ1) is 17.6. The molecule has 200 valence electrons. The first-order valence-electron chi connectivity index (χ1n) is 12.8. The van der Waals surface area contributed by atoms with Gasteiger partial charge in [-0.15, -0.1) is 0 Å². The molecule has 2 N–H and O–H groups in total. The Bertz CT molecular complexity index is 1070. The molecule has 0 aromatic heterocycles. The van der Waals surface area contributed by atoms with E-state index in [9.17, 15) is 14.4 Å². The van der Waals surface area contributed by atoms with Crippen molar-refractivity contribution < 1.29 is 19.1 Å². The van der Waals surface area contributed by atoms with E-state index in [0.29, 0.717) is 17.9 Å². The Kier molecular flexibility index (Phi) is 10.0. The third-order valence-corrected chi connectivity index (χ3v) is 7.01. The van der Waals surface area contributed by atoms with Gasteiger partial charge in [0.05, 0.1) is 0 Å². The molecule has 1 saturated carbocycles. The van der Waals surface area contributed by atoms with Crippen molar-refractivity contribution in [1.29, 1.82) is 0 Å². The summed E-state index contributed by atoms with van der Waals surface area (Å²) in [5.74, 6) is 0.135. The van der Waals surface area contributed by atoms with E-state index in [4.69, 9.17) is 4.74 Å². The molecule has 0 spiro atoms. The van der Waals surface area contributed by atoms with E-state index >= 15 is 0 Å². The van der Waals surface area contributed by atoms with Crippen LogP contribution in [0.15, 0.2) is 54.6 Å². The smallest absolute Gasteiger partial charge is 0.408 e. The normalized spacial score (nSPS) is 15.2. The molecular formula is C29H39N3O4S. The molecule has 0 heterocycles. The number of carbonyl (C=O) groups excluding carboxylic acids is 3. The summed E-state index contributed by atoms with van der Waals surface area (Å²) in [6.07, 6.45) is 4.37. The summed E-state index contributed by atoms with van der Waals surface area (Å²) in [4.78, 5) is 42.4. The van der Waals surface area contributed by atoms with E-state index in [-0.39, 0.29) is 17.9 Å². The van der Waals surface area contributed by atoms with Crippen molar-refractivity contribution in [2.24, 2.45) is 0 Å². The lowest BCUT2D eigenvalue weighted by molar-refractivity contribution is -0.145. The highest BCUT2D eigenvalue weighted by atomic mass is 32.2. The topological polar surface area (TPSA) is 87.7 Å². The molecule has 1 aliphatic carbocycles. The first kappa shape index (κ1) is 28.6. The highest BCUT2D eigenvalue weighted by molar-refractivity contribution is 7.98. The van der Waals surface area contributed by atoms with Crippen molar-refractivity contribution in [3.63, 3.8) is 0 Å². The predicted molar refractivity (Wildman–Crippen MR) is 150 cm³/mol. The highest BCUT2D eigenvalue weighted by Crippen LogP contribution is 2.34. The lowest BCUT2D eigenvalue weighted by atomic mass is 9.88. The van der Waals surface area contributed by atoms with Crippen molar-refractivity contribution in [3.05, 3.63) is 65.7 Å². The second-order valence-corrected chi connectivity index (χ2v) is 11.4. The zero-order valence-electron chi connectivity index (χ0n) is 22.5. The third-order valence-electron chi connectivity index (χ3n) is 6.37. The fraction of sp³-hybridized carbons (Fsp3) is 0.483. The molecule has 0 bridgehead atoms. The van der Waals surface area contributed by atoms with E-state index < -0.39 is 23.8 Å². The lowest BCUT2D eigenvalue weighted by Gasteiger charge is -2.43. The molecule has 0 radical (unpaired) electrons. The SMILES string of the molecule is CSCCC(NC(=O)OC(C)(C)C)C(=O)N(C1CCC1)C(C(=O)Nc1ccccc1C)c1ccccc1. The number of nitrogens with zero attached hydrogens (tertiary/aromatic N) is 1. The van der Waals surface area contributed by atoms with Gasteiger partial charge in [0, 0.05) is 11.7 Å². The number of thioether (sulfide) groups is 1. The van der Waals surface area contributed by atoms with E-state index in [1.54, 1.807) is 37.4 Å². The molecule has 2 unspecified atom stereocenters. The average Bonchev–Trinajstić information content (AvgIpc) is 2.80. The number of alkyl carbamates (subject to hydrolysis) is 1. The van der Waals surface area contributed by atoms with Crippen molar-refractivity contribution >= 4 is 35.4 Å². The maximum absolute atomic E-state index is 14.2. The summed E-state index contributed by atoms with van der Waals surface area (Å²) in [5, 5.41) is 5.85. The molecule has 2 aromatic carbocycles. The number of para-hydroxylation sites is 1. The number of hydrogen-bond donors (Lipinski definition) is 2. The van der Waals surface area contributed by atoms with Crippen molar-refractivity contribution in [1.82, 2.24) is 10.2 Å². The van der Waals surface area contributed by atoms with E-state index in [2.05, 4.69) is 10.6 Å². The van der Waals surface area contributed by atoms with Crippen LogP contribution in [-0.2, 0) is 14.3 Å². The van der Waals surface area contributed by atoms with Crippen LogP contribution in [0.4, 0.5) is 10.5 Å². The van der Waals surface area contributed by atoms with Gasteiger partial charge in [0.15, 0.2) is 0 Å². The number of carbonyl (C=O) groups is 3. The quantitative estimate of drug-likeness (QED) is 0.415. The monoisotopic (exact) mass is 525 g/mol. The van der Waals surface area contributed by atoms with E-state index in [1.807, 2.05) is 67.8 Å². The molecule has 2 atom stereocenters. The maximum atomic E-state index is 14.2. The summed E-state index contributed by atoms with van der Waals surface area (Å²) in [7, 11) is 0. The van der Waals surface area contributed by atoms with Gasteiger partial charge in [0.1, 0.15) is 17.7 Å². The third kappa shape index (κ3) is 7.99. The van der Waals surface area contributed by atoms with Crippen molar-refractivity contribution in [2.45, 2.75) is 77.1 Å². The zero-order chi connectivity index (χ0) is 27.0. The molecule has 0 aliphatic heterocycles. The summed E-state index contributed by atoms with van der Waals surface area (Å²) >= 11 is 1.60. The number of amides is 3. The minimum absolute atomic E-state index is 0.0856. The Labute approximate surface area is 224 Å². The number of aryl methyl sites for hydroxylation is 1. The Morgan fingerprint density at radius 3 is 2.27 bits per heavy atom. The Morgan fingerprint density at radius 1 is 1.05 bits per heavy atom.